The molecular formula is C11H9ClFNO2. The van der Waals surface area contributed by atoms with Gasteiger partial charge in [-0.2, -0.15) is 0 Å². The summed E-state index contributed by atoms with van der Waals surface area (Å²) in [6.45, 7) is 1.74. The number of imide groups is 1. The second-order valence-electron chi connectivity index (χ2n) is 3.73. The number of benzene rings is 1. The third kappa shape index (κ3) is 1.69. The Labute approximate surface area is 96.6 Å². The number of nitrogens with one attached hydrogen (secondary N) is 1. The van der Waals surface area contributed by atoms with Crippen molar-refractivity contribution in [2.24, 2.45) is 0 Å². The predicted molar refractivity (Wildman–Crippen MR) is 56.7 cm³/mol. The van der Waals surface area contributed by atoms with Crippen molar-refractivity contribution in [3.8, 4) is 0 Å². The summed E-state index contributed by atoms with van der Waals surface area (Å²) in [6, 6.07) is 4.11. The molecule has 0 saturated carbocycles. The Morgan fingerprint density at radius 1 is 1.31 bits per heavy atom. The highest BCUT2D eigenvalue weighted by Gasteiger charge is 2.42. The van der Waals surface area contributed by atoms with Crippen LogP contribution >= 0.6 is 11.6 Å². The fourth-order valence-corrected chi connectivity index (χ4v) is 2.10. The van der Waals surface area contributed by atoms with E-state index in [9.17, 15) is 14.0 Å². The van der Waals surface area contributed by atoms with Crippen molar-refractivity contribution < 1.29 is 14.0 Å². The molecular weight excluding hydrogens is 233 g/mol. The van der Waals surface area contributed by atoms with Crippen molar-refractivity contribution in [3.63, 3.8) is 0 Å². The number of hydrogen-bond acceptors (Lipinski definition) is 2. The second kappa shape index (κ2) is 3.87. The normalized spacial score (nSPS) is 24.7. The lowest BCUT2D eigenvalue weighted by Gasteiger charge is -2.12. The molecule has 1 saturated heterocycles. The Morgan fingerprint density at radius 2 is 2.00 bits per heavy atom. The number of carbonyl (C=O) groups is 2. The maximum absolute atomic E-state index is 13.1. The maximum Gasteiger partial charge on any atom is 0.245 e. The van der Waals surface area contributed by atoms with Gasteiger partial charge in [0.25, 0.3) is 0 Å². The van der Waals surface area contributed by atoms with Crippen LogP contribution in [0.4, 0.5) is 4.39 Å². The Kier molecular flexibility index (Phi) is 2.68. The standard InChI is InChI=1S/C11H9ClFNO2/c1-5-2-3-6(13)4-7(5)8-9(12)11(16)14-10(8)15/h2-4,8-9H,1H3,(H,14,15,16). The summed E-state index contributed by atoms with van der Waals surface area (Å²) in [5.74, 6) is -2.25. The molecule has 2 atom stereocenters. The van der Waals surface area contributed by atoms with Crippen molar-refractivity contribution in [1.29, 1.82) is 0 Å². The van der Waals surface area contributed by atoms with E-state index in [4.69, 9.17) is 11.6 Å². The highest BCUT2D eigenvalue weighted by molar-refractivity contribution is 6.37. The fourth-order valence-electron chi connectivity index (χ4n) is 1.80. The van der Waals surface area contributed by atoms with Gasteiger partial charge in [-0.05, 0) is 30.2 Å². The molecule has 1 N–H and O–H groups in total. The molecule has 1 aromatic rings. The fraction of sp³-hybridized carbons (Fsp3) is 0.273. The predicted octanol–water partition coefficient (Wildman–Crippen LogP) is 1.48. The molecule has 2 unspecified atom stereocenters. The Balaban J connectivity index is 2.48. The van der Waals surface area contributed by atoms with E-state index in [1.54, 1.807) is 13.0 Å². The van der Waals surface area contributed by atoms with Gasteiger partial charge in [0.2, 0.25) is 11.8 Å². The van der Waals surface area contributed by atoms with Crippen LogP contribution in [0.5, 0.6) is 0 Å². The number of aryl methyl sites for hydroxylation is 1. The maximum atomic E-state index is 13.1. The van der Waals surface area contributed by atoms with Gasteiger partial charge in [-0.25, -0.2) is 4.39 Å². The molecule has 16 heavy (non-hydrogen) atoms. The first kappa shape index (κ1) is 11.1. The Morgan fingerprint density at radius 3 is 2.56 bits per heavy atom. The summed E-state index contributed by atoms with van der Waals surface area (Å²) < 4.78 is 13.1. The minimum Gasteiger partial charge on any atom is -0.295 e. The highest BCUT2D eigenvalue weighted by atomic mass is 35.5. The number of halogens is 2. The zero-order chi connectivity index (χ0) is 11.9. The highest BCUT2D eigenvalue weighted by Crippen LogP contribution is 2.31. The molecule has 0 radical (unpaired) electrons. The third-order valence-electron chi connectivity index (χ3n) is 2.65. The Bertz CT molecular complexity index is 475. The number of alkyl halides is 1. The van der Waals surface area contributed by atoms with E-state index in [1.807, 2.05) is 0 Å². The summed E-state index contributed by atoms with van der Waals surface area (Å²) >= 11 is 5.83. The zero-order valence-electron chi connectivity index (χ0n) is 8.46. The second-order valence-corrected chi connectivity index (χ2v) is 4.20. The van der Waals surface area contributed by atoms with Gasteiger partial charge in [0.15, 0.2) is 0 Å². The van der Waals surface area contributed by atoms with Crippen LogP contribution in [0.1, 0.15) is 17.0 Å². The number of carbonyl (C=O) groups excluding carboxylic acids is 2. The summed E-state index contributed by atoms with van der Waals surface area (Å²) in [5.41, 5.74) is 1.20. The molecule has 1 aromatic carbocycles. The van der Waals surface area contributed by atoms with E-state index < -0.39 is 28.9 Å². The van der Waals surface area contributed by atoms with Gasteiger partial charge in [0.1, 0.15) is 11.2 Å². The van der Waals surface area contributed by atoms with Crippen LogP contribution in [0.15, 0.2) is 18.2 Å². The van der Waals surface area contributed by atoms with E-state index in [0.29, 0.717) is 5.56 Å². The molecule has 0 aromatic heterocycles. The number of amides is 2. The van der Waals surface area contributed by atoms with Crippen LogP contribution in [0, 0.1) is 12.7 Å². The summed E-state index contributed by atoms with van der Waals surface area (Å²) in [5, 5.41) is 1.16. The monoisotopic (exact) mass is 241 g/mol. The van der Waals surface area contributed by atoms with Crippen LogP contribution in [0.3, 0.4) is 0 Å². The van der Waals surface area contributed by atoms with Crippen LogP contribution in [0.25, 0.3) is 0 Å². The van der Waals surface area contributed by atoms with Gasteiger partial charge in [0, 0.05) is 0 Å². The summed E-state index contributed by atoms with van der Waals surface area (Å²) in [4.78, 5) is 22.7. The largest absolute Gasteiger partial charge is 0.295 e. The average Bonchev–Trinajstić information content (AvgIpc) is 2.46. The average molecular weight is 242 g/mol. The van der Waals surface area contributed by atoms with Gasteiger partial charge < -0.3 is 0 Å². The molecule has 1 aliphatic heterocycles. The van der Waals surface area contributed by atoms with E-state index in [0.717, 1.165) is 5.56 Å². The molecule has 3 nitrogen and oxygen atoms in total. The van der Waals surface area contributed by atoms with Gasteiger partial charge in [-0.3, -0.25) is 14.9 Å². The number of hydrogen-bond donors (Lipinski definition) is 1. The molecule has 1 fully saturated rings. The third-order valence-corrected chi connectivity index (χ3v) is 3.10. The number of rotatable bonds is 1. The summed E-state index contributed by atoms with van der Waals surface area (Å²) in [6.07, 6.45) is 0. The SMILES string of the molecule is Cc1ccc(F)cc1C1C(=O)NC(=O)C1Cl. The van der Waals surface area contributed by atoms with Crippen LogP contribution in [0.2, 0.25) is 0 Å². The van der Waals surface area contributed by atoms with Gasteiger partial charge in [-0.15, -0.1) is 11.6 Å². The first-order valence-corrected chi connectivity index (χ1v) is 5.19. The molecule has 84 valence electrons. The van der Waals surface area contributed by atoms with Crippen molar-refractivity contribution in [3.05, 3.63) is 35.1 Å². The van der Waals surface area contributed by atoms with Crippen molar-refractivity contribution >= 4 is 23.4 Å². The quantitative estimate of drug-likeness (QED) is 0.598. The lowest BCUT2D eigenvalue weighted by atomic mass is 9.93. The molecule has 2 amide bonds. The van der Waals surface area contributed by atoms with E-state index in [1.165, 1.54) is 12.1 Å². The molecule has 0 bridgehead atoms. The van der Waals surface area contributed by atoms with Crippen molar-refractivity contribution in [2.45, 2.75) is 18.2 Å². The molecule has 2 rings (SSSR count). The summed E-state index contributed by atoms with van der Waals surface area (Å²) in [7, 11) is 0. The first-order valence-electron chi connectivity index (χ1n) is 4.75. The molecule has 0 spiro atoms. The van der Waals surface area contributed by atoms with Crippen LogP contribution < -0.4 is 5.32 Å². The van der Waals surface area contributed by atoms with Gasteiger partial charge >= 0.3 is 0 Å². The van der Waals surface area contributed by atoms with Crippen LogP contribution in [-0.2, 0) is 9.59 Å². The van der Waals surface area contributed by atoms with E-state index in [2.05, 4.69) is 5.32 Å². The van der Waals surface area contributed by atoms with Crippen molar-refractivity contribution in [2.75, 3.05) is 0 Å². The van der Waals surface area contributed by atoms with E-state index in [-0.39, 0.29) is 0 Å². The topological polar surface area (TPSA) is 46.2 Å². The zero-order valence-corrected chi connectivity index (χ0v) is 9.22. The lowest BCUT2D eigenvalue weighted by Crippen LogP contribution is -2.22. The lowest BCUT2D eigenvalue weighted by molar-refractivity contribution is -0.125. The van der Waals surface area contributed by atoms with Crippen LogP contribution in [-0.4, -0.2) is 17.2 Å². The smallest absolute Gasteiger partial charge is 0.245 e. The van der Waals surface area contributed by atoms with Gasteiger partial charge in [0.05, 0.1) is 5.92 Å². The molecule has 1 heterocycles. The molecule has 0 aliphatic carbocycles. The Hall–Kier alpha value is -1.42. The minimum absolute atomic E-state index is 0.448. The first-order chi connectivity index (χ1) is 7.50. The minimum atomic E-state index is -0.965. The van der Waals surface area contributed by atoms with Gasteiger partial charge in [-0.1, -0.05) is 6.07 Å². The molecule has 5 heteroatoms. The van der Waals surface area contributed by atoms with Crippen molar-refractivity contribution in [1.82, 2.24) is 5.32 Å². The van der Waals surface area contributed by atoms with E-state index >= 15 is 0 Å². The molecule has 1 aliphatic rings.